The SMILES string of the molecule is COc1cccc(NC(C)c2ccc(F)cn2)c1. The van der Waals surface area contributed by atoms with Crippen molar-refractivity contribution in [3.8, 4) is 5.75 Å². The van der Waals surface area contributed by atoms with E-state index in [1.165, 1.54) is 12.3 Å². The molecule has 0 aliphatic heterocycles. The number of hydrogen-bond acceptors (Lipinski definition) is 3. The molecule has 1 aromatic carbocycles. The Labute approximate surface area is 106 Å². The molecule has 0 fully saturated rings. The maximum atomic E-state index is 12.8. The molecule has 0 saturated heterocycles. The molecule has 2 aromatic rings. The Kier molecular flexibility index (Phi) is 3.77. The summed E-state index contributed by atoms with van der Waals surface area (Å²) in [7, 11) is 1.63. The molecule has 3 nitrogen and oxygen atoms in total. The number of benzene rings is 1. The molecule has 2 rings (SSSR count). The lowest BCUT2D eigenvalue weighted by Gasteiger charge is -2.15. The van der Waals surface area contributed by atoms with Crippen molar-refractivity contribution in [1.29, 1.82) is 0 Å². The second-order valence-electron chi connectivity index (χ2n) is 4.00. The van der Waals surface area contributed by atoms with Crippen LogP contribution in [0.2, 0.25) is 0 Å². The minimum atomic E-state index is -0.327. The normalized spacial score (nSPS) is 11.9. The molecule has 0 spiro atoms. The van der Waals surface area contributed by atoms with Crippen LogP contribution in [0.25, 0.3) is 0 Å². The van der Waals surface area contributed by atoms with Crippen molar-refractivity contribution in [2.75, 3.05) is 12.4 Å². The number of methoxy groups -OCH3 is 1. The average molecular weight is 246 g/mol. The lowest BCUT2D eigenvalue weighted by molar-refractivity contribution is 0.415. The van der Waals surface area contributed by atoms with E-state index in [0.29, 0.717) is 0 Å². The Hall–Kier alpha value is -2.10. The summed E-state index contributed by atoms with van der Waals surface area (Å²) in [6.45, 7) is 1.97. The molecule has 1 N–H and O–H groups in total. The van der Waals surface area contributed by atoms with Crippen LogP contribution in [0, 0.1) is 5.82 Å². The molecule has 18 heavy (non-hydrogen) atoms. The van der Waals surface area contributed by atoms with Gasteiger partial charge in [0.2, 0.25) is 0 Å². The molecule has 1 aromatic heterocycles. The Morgan fingerprint density at radius 2 is 2.11 bits per heavy atom. The van der Waals surface area contributed by atoms with Gasteiger partial charge in [-0.25, -0.2) is 4.39 Å². The van der Waals surface area contributed by atoms with Crippen molar-refractivity contribution in [1.82, 2.24) is 4.98 Å². The third kappa shape index (κ3) is 2.97. The van der Waals surface area contributed by atoms with E-state index in [9.17, 15) is 4.39 Å². The number of pyridine rings is 1. The van der Waals surface area contributed by atoms with E-state index < -0.39 is 0 Å². The monoisotopic (exact) mass is 246 g/mol. The highest BCUT2D eigenvalue weighted by Crippen LogP contribution is 2.21. The highest BCUT2D eigenvalue weighted by molar-refractivity contribution is 5.49. The standard InChI is InChI=1S/C14H15FN2O/c1-10(14-7-6-11(15)9-16-14)17-12-4-3-5-13(8-12)18-2/h3-10,17H,1-2H3. The van der Waals surface area contributed by atoms with E-state index in [0.717, 1.165) is 17.1 Å². The van der Waals surface area contributed by atoms with Gasteiger partial charge in [0, 0.05) is 11.8 Å². The van der Waals surface area contributed by atoms with Gasteiger partial charge in [0.1, 0.15) is 11.6 Å². The second kappa shape index (κ2) is 5.49. The first-order valence-electron chi connectivity index (χ1n) is 5.71. The first-order chi connectivity index (χ1) is 8.69. The first-order valence-corrected chi connectivity index (χ1v) is 5.71. The summed E-state index contributed by atoms with van der Waals surface area (Å²) in [5, 5.41) is 3.29. The predicted molar refractivity (Wildman–Crippen MR) is 69.2 cm³/mol. The van der Waals surface area contributed by atoms with Gasteiger partial charge in [-0.2, -0.15) is 0 Å². The molecular weight excluding hydrogens is 231 g/mol. The van der Waals surface area contributed by atoms with E-state index in [-0.39, 0.29) is 11.9 Å². The lowest BCUT2D eigenvalue weighted by Crippen LogP contribution is -2.08. The van der Waals surface area contributed by atoms with Crippen LogP contribution in [0.5, 0.6) is 5.75 Å². The third-order valence-electron chi connectivity index (χ3n) is 2.65. The Morgan fingerprint density at radius 3 is 2.78 bits per heavy atom. The summed E-state index contributed by atoms with van der Waals surface area (Å²) in [6.07, 6.45) is 1.22. The van der Waals surface area contributed by atoms with Crippen molar-refractivity contribution in [2.24, 2.45) is 0 Å². The van der Waals surface area contributed by atoms with Gasteiger partial charge in [0.15, 0.2) is 0 Å². The zero-order chi connectivity index (χ0) is 13.0. The zero-order valence-corrected chi connectivity index (χ0v) is 10.4. The van der Waals surface area contributed by atoms with Gasteiger partial charge in [-0.1, -0.05) is 6.07 Å². The van der Waals surface area contributed by atoms with Crippen LogP contribution >= 0.6 is 0 Å². The van der Waals surface area contributed by atoms with E-state index in [1.54, 1.807) is 13.2 Å². The van der Waals surface area contributed by atoms with Gasteiger partial charge in [0.05, 0.1) is 25.0 Å². The lowest BCUT2D eigenvalue weighted by atomic mass is 10.2. The van der Waals surface area contributed by atoms with E-state index >= 15 is 0 Å². The number of anilines is 1. The number of ether oxygens (including phenoxy) is 1. The van der Waals surface area contributed by atoms with Crippen LogP contribution in [0.4, 0.5) is 10.1 Å². The van der Waals surface area contributed by atoms with Crippen molar-refractivity contribution < 1.29 is 9.13 Å². The minimum absolute atomic E-state index is 0.00212. The number of nitrogens with one attached hydrogen (secondary N) is 1. The van der Waals surface area contributed by atoms with E-state index in [2.05, 4.69) is 10.3 Å². The molecule has 0 saturated carbocycles. The molecular formula is C14H15FN2O. The Morgan fingerprint density at radius 1 is 1.28 bits per heavy atom. The summed E-state index contributed by atoms with van der Waals surface area (Å²) in [5.41, 5.74) is 1.73. The minimum Gasteiger partial charge on any atom is -0.497 e. The molecule has 0 amide bonds. The summed E-state index contributed by atoms with van der Waals surface area (Å²) in [6, 6.07) is 10.7. The molecule has 1 unspecified atom stereocenters. The Bertz CT molecular complexity index is 513. The van der Waals surface area contributed by atoms with Crippen molar-refractivity contribution in [3.63, 3.8) is 0 Å². The fourth-order valence-corrected chi connectivity index (χ4v) is 1.68. The first kappa shape index (κ1) is 12.4. The van der Waals surface area contributed by atoms with Gasteiger partial charge in [0.25, 0.3) is 0 Å². The van der Waals surface area contributed by atoms with Crippen molar-refractivity contribution in [3.05, 3.63) is 54.1 Å². The Balaban J connectivity index is 2.10. The summed E-state index contributed by atoms with van der Waals surface area (Å²) < 4.78 is 17.9. The van der Waals surface area contributed by atoms with E-state index in [4.69, 9.17) is 4.74 Å². The molecule has 0 aliphatic rings. The highest BCUT2D eigenvalue weighted by atomic mass is 19.1. The number of halogens is 1. The average Bonchev–Trinajstić information content (AvgIpc) is 2.39. The van der Waals surface area contributed by atoms with Gasteiger partial charge >= 0.3 is 0 Å². The predicted octanol–water partition coefficient (Wildman–Crippen LogP) is 3.40. The largest absolute Gasteiger partial charge is 0.497 e. The number of rotatable bonds is 4. The fraction of sp³-hybridized carbons (Fsp3) is 0.214. The number of aromatic nitrogens is 1. The molecule has 4 heteroatoms. The number of hydrogen-bond donors (Lipinski definition) is 1. The van der Waals surface area contributed by atoms with Gasteiger partial charge in [-0.05, 0) is 31.2 Å². The second-order valence-corrected chi connectivity index (χ2v) is 4.00. The molecule has 0 radical (unpaired) electrons. The molecule has 0 bridgehead atoms. The van der Waals surface area contributed by atoms with Crippen LogP contribution < -0.4 is 10.1 Å². The smallest absolute Gasteiger partial charge is 0.141 e. The topological polar surface area (TPSA) is 34.1 Å². The maximum Gasteiger partial charge on any atom is 0.141 e. The third-order valence-corrected chi connectivity index (χ3v) is 2.65. The molecule has 94 valence electrons. The van der Waals surface area contributed by atoms with Crippen LogP contribution in [0.1, 0.15) is 18.7 Å². The van der Waals surface area contributed by atoms with Crippen molar-refractivity contribution >= 4 is 5.69 Å². The molecule has 1 atom stereocenters. The zero-order valence-electron chi connectivity index (χ0n) is 10.4. The summed E-state index contributed by atoms with van der Waals surface area (Å²) >= 11 is 0. The quantitative estimate of drug-likeness (QED) is 0.897. The summed E-state index contributed by atoms with van der Waals surface area (Å²) in [4.78, 5) is 4.05. The number of nitrogens with zero attached hydrogens (tertiary/aromatic N) is 1. The van der Waals surface area contributed by atoms with Crippen LogP contribution in [0.3, 0.4) is 0 Å². The van der Waals surface area contributed by atoms with Crippen LogP contribution in [-0.4, -0.2) is 12.1 Å². The van der Waals surface area contributed by atoms with Crippen LogP contribution in [0.15, 0.2) is 42.6 Å². The molecule has 0 aliphatic carbocycles. The van der Waals surface area contributed by atoms with Gasteiger partial charge < -0.3 is 10.1 Å². The highest BCUT2D eigenvalue weighted by Gasteiger charge is 2.07. The molecule has 1 heterocycles. The van der Waals surface area contributed by atoms with Crippen LogP contribution in [-0.2, 0) is 0 Å². The van der Waals surface area contributed by atoms with Gasteiger partial charge in [-0.3, -0.25) is 4.98 Å². The summed E-state index contributed by atoms with van der Waals surface area (Å²) in [5.74, 6) is 0.464. The van der Waals surface area contributed by atoms with E-state index in [1.807, 2.05) is 31.2 Å². The van der Waals surface area contributed by atoms with Crippen molar-refractivity contribution in [2.45, 2.75) is 13.0 Å². The maximum absolute atomic E-state index is 12.8. The van der Waals surface area contributed by atoms with Gasteiger partial charge in [-0.15, -0.1) is 0 Å². The fourth-order valence-electron chi connectivity index (χ4n) is 1.68.